The van der Waals surface area contributed by atoms with E-state index in [0.29, 0.717) is 12.0 Å². The molecule has 1 aromatic heterocycles. The van der Waals surface area contributed by atoms with Crippen LogP contribution in [0.5, 0.6) is 0 Å². The molecule has 3 atom stereocenters. The fourth-order valence-corrected chi connectivity index (χ4v) is 2.59. The van der Waals surface area contributed by atoms with E-state index in [0.717, 1.165) is 11.6 Å². The van der Waals surface area contributed by atoms with Crippen LogP contribution in [0.25, 0.3) is 0 Å². The Kier molecular flexibility index (Phi) is 3.42. The van der Waals surface area contributed by atoms with E-state index in [-0.39, 0.29) is 0 Å². The molecule has 0 radical (unpaired) electrons. The maximum atomic E-state index is 12.9. The van der Waals surface area contributed by atoms with Crippen LogP contribution in [0.4, 0.5) is 10.1 Å². The molecule has 1 saturated carbocycles. The second kappa shape index (κ2) is 4.81. The van der Waals surface area contributed by atoms with Crippen LogP contribution in [-0.2, 0) is 0 Å². The summed E-state index contributed by atoms with van der Waals surface area (Å²) in [5.41, 5.74) is 0.846. The van der Waals surface area contributed by atoms with Gasteiger partial charge < -0.3 is 5.32 Å². The third-order valence-electron chi connectivity index (χ3n) is 3.51. The molecule has 2 nitrogen and oxygen atoms in total. The Hall–Kier alpha value is -1.12. The average Bonchev–Trinajstić information content (AvgIpc) is 2.22. The van der Waals surface area contributed by atoms with Crippen molar-refractivity contribution in [3.8, 4) is 0 Å². The molecule has 1 aliphatic rings. The first-order chi connectivity index (χ1) is 7.65. The minimum atomic E-state index is -0.415. The van der Waals surface area contributed by atoms with Crippen molar-refractivity contribution in [1.82, 2.24) is 4.98 Å². The highest BCUT2D eigenvalue weighted by Crippen LogP contribution is 2.30. The van der Waals surface area contributed by atoms with Crippen LogP contribution < -0.4 is 5.32 Å². The molecule has 0 aromatic carbocycles. The minimum absolute atomic E-state index is 0.415. The zero-order valence-electron chi connectivity index (χ0n) is 9.91. The van der Waals surface area contributed by atoms with Crippen LogP contribution in [0.3, 0.4) is 0 Å². The number of hydrogen-bond acceptors (Lipinski definition) is 2. The van der Waals surface area contributed by atoms with E-state index in [2.05, 4.69) is 24.1 Å². The van der Waals surface area contributed by atoms with E-state index in [9.17, 15) is 4.39 Å². The first-order valence-electron chi connectivity index (χ1n) is 6.03. The fourth-order valence-electron chi connectivity index (χ4n) is 2.59. The number of pyridine rings is 1. The van der Waals surface area contributed by atoms with E-state index in [4.69, 9.17) is 0 Å². The van der Waals surface area contributed by atoms with Gasteiger partial charge in [0.1, 0.15) is 0 Å². The Morgan fingerprint density at radius 3 is 2.88 bits per heavy atom. The first-order valence-corrected chi connectivity index (χ1v) is 6.03. The molecule has 1 aromatic rings. The van der Waals surface area contributed by atoms with Gasteiger partial charge in [0.2, 0.25) is 5.95 Å². The van der Waals surface area contributed by atoms with Crippen molar-refractivity contribution in [2.24, 2.45) is 11.8 Å². The number of nitrogens with one attached hydrogen (secondary N) is 1. The second-order valence-electron chi connectivity index (χ2n) is 5.01. The second-order valence-corrected chi connectivity index (χ2v) is 5.01. The van der Waals surface area contributed by atoms with Gasteiger partial charge in [0.05, 0.1) is 0 Å². The normalized spacial score (nSPS) is 30.1. The van der Waals surface area contributed by atoms with Crippen molar-refractivity contribution in [1.29, 1.82) is 0 Å². The molecule has 0 bridgehead atoms. The summed E-state index contributed by atoms with van der Waals surface area (Å²) in [6.07, 6.45) is 5.20. The fraction of sp³-hybridized carbons (Fsp3) is 0.615. The molecule has 1 fully saturated rings. The van der Waals surface area contributed by atoms with Gasteiger partial charge in [-0.15, -0.1) is 0 Å². The number of halogens is 1. The molecule has 2 rings (SSSR count). The number of anilines is 1. The van der Waals surface area contributed by atoms with Gasteiger partial charge in [-0.05, 0) is 37.2 Å². The number of rotatable bonds is 2. The summed E-state index contributed by atoms with van der Waals surface area (Å²) in [5, 5.41) is 3.41. The summed E-state index contributed by atoms with van der Waals surface area (Å²) in [6, 6.07) is 3.76. The summed E-state index contributed by atoms with van der Waals surface area (Å²) >= 11 is 0. The lowest BCUT2D eigenvalue weighted by Crippen LogP contribution is -2.33. The minimum Gasteiger partial charge on any atom is -0.382 e. The van der Waals surface area contributed by atoms with Gasteiger partial charge in [0, 0.05) is 24.0 Å². The molecule has 1 aliphatic carbocycles. The molecule has 1 N–H and O–H groups in total. The average molecular weight is 222 g/mol. The maximum Gasteiger partial charge on any atom is 0.214 e. The molecular formula is C13H19FN2. The zero-order chi connectivity index (χ0) is 11.5. The number of aromatic nitrogens is 1. The summed E-state index contributed by atoms with van der Waals surface area (Å²) < 4.78 is 12.9. The van der Waals surface area contributed by atoms with Crippen molar-refractivity contribution < 1.29 is 4.39 Å². The van der Waals surface area contributed by atoms with Crippen molar-refractivity contribution in [3.63, 3.8) is 0 Å². The van der Waals surface area contributed by atoms with Gasteiger partial charge in [-0.2, -0.15) is 4.39 Å². The number of hydrogen-bond donors (Lipinski definition) is 1. The third kappa shape index (κ3) is 2.71. The van der Waals surface area contributed by atoms with E-state index >= 15 is 0 Å². The molecule has 0 aliphatic heterocycles. The van der Waals surface area contributed by atoms with Gasteiger partial charge in [-0.25, -0.2) is 4.98 Å². The molecule has 0 spiro atoms. The van der Waals surface area contributed by atoms with Crippen LogP contribution in [0.1, 0.15) is 33.1 Å². The van der Waals surface area contributed by atoms with E-state index < -0.39 is 5.95 Å². The Bertz CT molecular complexity index is 354. The Labute approximate surface area is 96.3 Å². The molecule has 0 amide bonds. The van der Waals surface area contributed by atoms with Crippen molar-refractivity contribution in [2.45, 2.75) is 39.2 Å². The largest absolute Gasteiger partial charge is 0.382 e. The standard InChI is InChI=1S/C13H19FN2/c1-9-3-4-12(10(2)7-9)16-11-5-6-15-13(14)8-11/h5-6,8-10,12H,3-4,7H2,1-2H3,(H,15,16). The van der Waals surface area contributed by atoms with Crippen molar-refractivity contribution >= 4 is 5.69 Å². The van der Waals surface area contributed by atoms with Crippen LogP contribution in [0.15, 0.2) is 18.3 Å². The van der Waals surface area contributed by atoms with Gasteiger partial charge in [0.15, 0.2) is 0 Å². The van der Waals surface area contributed by atoms with Crippen LogP contribution in [0.2, 0.25) is 0 Å². The smallest absolute Gasteiger partial charge is 0.214 e. The zero-order valence-corrected chi connectivity index (χ0v) is 9.91. The van der Waals surface area contributed by atoms with Gasteiger partial charge >= 0.3 is 0 Å². The lowest BCUT2D eigenvalue weighted by molar-refractivity contribution is 0.276. The molecule has 3 heteroatoms. The van der Waals surface area contributed by atoms with E-state index in [1.54, 1.807) is 0 Å². The molecule has 0 saturated heterocycles. The maximum absolute atomic E-state index is 12.9. The highest BCUT2D eigenvalue weighted by molar-refractivity contribution is 5.42. The van der Waals surface area contributed by atoms with Crippen LogP contribution in [0, 0.1) is 17.8 Å². The SMILES string of the molecule is CC1CCC(Nc2ccnc(F)c2)C(C)C1. The summed E-state index contributed by atoms with van der Waals surface area (Å²) in [7, 11) is 0. The molecular weight excluding hydrogens is 203 g/mol. The van der Waals surface area contributed by atoms with E-state index in [1.807, 2.05) is 6.07 Å². The summed E-state index contributed by atoms with van der Waals surface area (Å²) in [6.45, 7) is 4.57. The molecule has 88 valence electrons. The Balaban J connectivity index is 1.99. The van der Waals surface area contributed by atoms with Crippen molar-refractivity contribution in [2.75, 3.05) is 5.32 Å². The third-order valence-corrected chi connectivity index (χ3v) is 3.51. The highest BCUT2D eigenvalue weighted by Gasteiger charge is 2.25. The quantitative estimate of drug-likeness (QED) is 0.775. The van der Waals surface area contributed by atoms with E-state index in [1.165, 1.54) is 31.5 Å². The lowest BCUT2D eigenvalue weighted by Gasteiger charge is -2.33. The highest BCUT2D eigenvalue weighted by atomic mass is 19.1. The first kappa shape index (κ1) is 11.4. The molecule has 16 heavy (non-hydrogen) atoms. The van der Waals surface area contributed by atoms with Crippen LogP contribution >= 0.6 is 0 Å². The molecule has 1 heterocycles. The summed E-state index contributed by atoms with van der Waals surface area (Å²) in [4.78, 5) is 3.56. The topological polar surface area (TPSA) is 24.9 Å². The lowest BCUT2D eigenvalue weighted by atomic mass is 9.80. The van der Waals surface area contributed by atoms with Gasteiger partial charge in [-0.3, -0.25) is 0 Å². The summed E-state index contributed by atoms with van der Waals surface area (Å²) in [5.74, 6) is 1.06. The predicted molar refractivity (Wildman–Crippen MR) is 63.8 cm³/mol. The van der Waals surface area contributed by atoms with Gasteiger partial charge in [0.25, 0.3) is 0 Å². The monoisotopic (exact) mass is 222 g/mol. The Morgan fingerprint density at radius 1 is 1.38 bits per heavy atom. The Morgan fingerprint density at radius 2 is 2.19 bits per heavy atom. The van der Waals surface area contributed by atoms with Crippen molar-refractivity contribution in [3.05, 3.63) is 24.3 Å². The van der Waals surface area contributed by atoms with Crippen LogP contribution in [-0.4, -0.2) is 11.0 Å². The van der Waals surface area contributed by atoms with Gasteiger partial charge in [-0.1, -0.05) is 13.8 Å². The predicted octanol–water partition coefficient (Wildman–Crippen LogP) is 3.46. The molecule has 3 unspecified atom stereocenters. The number of nitrogens with zero attached hydrogens (tertiary/aromatic N) is 1.